The van der Waals surface area contributed by atoms with Gasteiger partial charge < -0.3 is 15.5 Å². The lowest BCUT2D eigenvalue weighted by molar-refractivity contribution is 0.292. The molecule has 7 aromatic rings. The molecule has 0 spiro atoms. The van der Waals surface area contributed by atoms with Crippen LogP contribution in [0, 0.1) is 0 Å². The van der Waals surface area contributed by atoms with Crippen molar-refractivity contribution in [3.63, 3.8) is 0 Å². The molecule has 0 saturated heterocycles. The molecule has 7 nitrogen and oxygen atoms in total. The van der Waals surface area contributed by atoms with Crippen molar-refractivity contribution < 1.29 is 4.74 Å². The highest BCUT2D eigenvalue weighted by Crippen LogP contribution is 2.37. The first kappa shape index (κ1) is 28.4. The summed E-state index contributed by atoms with van der Waals surface area (Å²) in [6.07, 6.45) is 3.37. The molecule has 46 heavy (non-hydrogen) atoms. The monoisotopic (exact) mass is 598 g/mol. The quantitative estimate of drug-likeness (QED) is 0.0815. The van der Waals surface area contributed by atoms with Gasteiger partial charge in [-0.05, 0) is 66.2 Å². The number of hydrazone groups is 1. The summed E-state index contributed by atoms with van der Waals surface area (Å²) in [6.45, 7) is 0.321. The Morgan fingerprint density at radius 1 is 0.587 bits per heavy atom. The lowest BCUT2D eigenvalue weighted by Gasteiger charge is -2.26. The van der Waals surface area contributed by atoms with E-state index in [0.29, 0.717) is 12.5 Å². The smallest absolute Gasteiger partial charge is 0.239 e. The molecule has 0 bridgehead atoms. The van der Waals surface area contributed by atoms with E-state index in [4.69, 9.17) is 20.5 Å². The summed E-state index contributed by atoms with van der Waals surface area (Å²) in [5.41, 5.74) is 10.2. The Kier molecular flexibility index (Phi) is 8.11. The molecule has 0 fully saturated rings. The Balaban J connectivity index is 1.20. The highest BCUT2D eigenvalue weighted by molar-refractivity contribution is 5.93. The first-order valence-electron chi connectivity index (χ1n) is 14.9. The predicted molar refractivity (Wildman–Crippen MR) is 185 cm³/mol. The minimum atomic E-state index is 0.321. The maximum absolute atomic E-state index is 5.92. The van der Waals surface area contributed by atoms with E-state index in [1.165, 1.54) is 0 Å². The molecule has 2 N–H and O–H groups in total. The van der Waals surface area contributed by atoms with Gasteiger partial charge in [0.05, 0.1) is 28.0 Å². The molecule has 0 amide bonds. The molecule has 0 aliphatic carbocycles. The number of pyridine rings is 1. The first-order valence-corrected chi connectivity index (χ1v) is 14.9. The van der Waals surface area contributed by atoms with Gasteiger partial charge in [-0.25, -0.2) is 9.97 Å². The van der Waals surface area contributed by atoms with Crippen LogP contribution in [-0.4, -0.2) is 20.8 Å². The molecule has 7 rings (SSSR count). The summed E-state index contributed by atoms with van der Waals surface area (Å²) < 4.78 is 5.92. The second kappa shape index (κ2) is 13.1. The van der Waals surface area contributed by atoms with Gasteiger partial charge >= 0.3 is 0 Å². The van der Waals surface area contributed by atoms with E-state index in [1.807, 2.05) is 84.9 Å². The van der Waals surface area contributed by atoms with Crippen molar-refractivity contribution in [1.29, 1.82) is 0 Å². The Hall–Kier alpha value is -6.34. The van der Waals surface area contributed by atoms with Crippen LogP contribution in [0.4, 0.5) is 17.1 Å². The fourth-order valence-corrected chi connectivity index (χ4v) is 5.37. The summed E-state index contributed by atoms with van der Waals surface area (Å²) in [6, 6.07) is 49.0. The molecule has 0 aliphatic heterocycles. The number of benzene rings is 5. The van der Waals surface area contributed by atoms with Gasteiger partial charge in [-0.1, -0.05) is 84.9 Å². The number of anilines is 3. The third kappa shape index (κ3) is 6.02. The number of aromatic nitrogens is 3. The Labute approximate surface area is 267 Å². The van der Waals surface area contributed by atoms with E-state index in [2.05, 4.69) is 75.6 Å². The molecule has 0 atom stereocenters. The number of hydrogen-bond acceptors (Lipinski definition) is 7. The summed E-state index contributed by atoms with van der Waals surface area (Å²) in [5.74, 6) is 5.94. The third-order valence-electron chi connectivity index (χ3n) is 7.63. The predicted octanol–water partition coefficient (Wildman–Crippen LogP) is 8.67. The molecular formula is C39H30N6O. The molecule has 7 heteroatoms. The first-order chi connectivity index (χ1) is 22.8. The summed E-state index contributed by atoms with van der Waals surface area (Å²) in [7, 11) is 0. The van der Waals surface area contributed by atoms with Crippen molar-refractivity contribution in [2.24, 2.45) is 10.9 Å². The van der Waals surface area contributed by atoms with E-state index in [0.717, 1.165) is 61.7 Å². The van der Waals surface area contributed by atoms with Gasteiger partial charge in [0.2, 0.25) is 5.90 Å². The van der Waals surface area contributed by atoms with Crippen LogP contribution in [0.25, 0.3) is 33.5 Å². The van der Waals surface area contributed by atoms with E-state index in [-0.39, 0.29) is 0 Å². The third-order valence-corrected chi connectivity index (χ3v) is 7.63. The zero-order valence-electron chi connectivity index (χ0n) is 24.9. The molecular weight excluding hydrogens is 568 g/mol. The van der Waals surface area contributed by atoms with Crippen LogP contribution in [0.3, 0.4) is 0 Å². The van der Waals surface area contributed by atoms with Gasteiger partial charge in [0.1, 0.15) is 6.61 Å². The highest BCUT2D eigenvalue weighted by atomic mass is 16.5. The van der Waals surface area contributed by atoms with Crippen LogP contribution in [0.5, 0.6) is 0 Å². The molecule has 0 aliphatic rings. The largest absolute Gasteiger partial charge is 0.471 e. The van der Waals surface area contributed by atoms with E-state index in [9.17, 15) is 0 Å². The number of nitrogens with two attached hydrogens (primary N) is 1. The van der Waals surface area contributed by atoms with Crippen LogP contribution < -0.4 is 10.7 Å². The fraction of sp³-hybridized carbons (Fsp3) is 0.0256. The maximum Gasteiger partial charge on any atom is 0.239 e. The Bertz CT molecular complexity index is 2080. The highest BCUT2D eigenvalue weighted by Gasteiger charge is 2.16. The number of nitrogens with zero attached hydrogens (tertiary/aromatic N) is 5. The van der Waals surface area contributed by atoms with Gasteiger partial charge in [0.15, 0.2) is 0 Å². The Morgan fingerprint density at radius 3 is 1.72 bits per heavy atom. The lowest BCUT2D eigenvalue weighted by Crippen LogP contribution is -2.11. The van der Waals surface area contributed by atoms with Crippen molar-refractivity contribution in [1.82, 2.24) is 15.0 Å². The van der Waals surface area contributed by atoms with Gasteiger partial charge in [-0.15, -0.1) is 5.10 Å². The lowest BCUT2D eigenvalue weighted by atomic mass is 10.0. The Morgan fingerprint density at radius 2 is 1.13 bits per heavy atom. The number of rotatable bonds is 8. The van der Waals surface area contributed by atoms with E-state index in [1.54, 1.807) is 12.4 Å². The van der Waals surface area contributed by atoms with Crippen LogP contribution in [-0.2, 0) is 11.3 Å². The second-order valence-electron chi connectivity index (χ2n) is 10.6. The summed E-state index contributed by atoms with van der Waals surface area (Å²) in [5, 5.41) is 3.80. The molecule has 0 saturated carbocycles. The minimum absolute atomic E-state index is 0.321. The van der Waals surface area contributed by atoms with Crippen molar-refractivity contribution in [2.75, 3.05) is 4.90 Å². The summed E-state index contributed by atoms with van der Waals surface area (Å²) in [4.78, 5) is 16.4. The zero-order valence-corrected chi connectivity index (χ0v) is 24.9. The van der Waals surface area contributed by atoms with Gasteiger partial charge in [0, 0.05) is 40.6 Å². The molecule has 0 unspecified atom stereocenters. The van der Waals surface area contributed by atoms with Crippen molar-refractivity contribution >= 4 is 34.0 Å². The normalized spacial score (nSPS) is 11.3. The molecule has 2 aromatic heterocycles. The molecule has 0 radical (unpaired) electrons. The maximum atomic E-state index is 5.92. The molecule has 222 valence electrons. The second-order valence-corrected chi connectivity index (χ2v) is 10.6. The van der Waals surface area contributed by atoms with Gasteiger partial charge in [-0.3, -0.25) is 4.98 Å². The zero-order chi connectivity index (χ0) is 31.1. The topological polar surface area (TPSA) is 89.5 Å². The van der Waals surface area contributed by atoms with Crippen molar-refractivity contribution in [3.05, 3.63) is 169 Å². The number of hydrogen-bond donors (Lipinski definition) is 1. The number of para-hydroxylation sites is 3. The van der Waals surface area contributed by atoms with Crippen LogP contribution >= 0.6 is 0 Å². The standard InChI is InChI=1S/C39H30N6O/c40-44-39(31-12-9-25-41-26-31)46-27-28-17-21-33(22-18-28)45(32-13-5-2-6-14-32)34-23-19-30(20-24-34)38-37(29-10-3-1-4-11-29)42-35-15-7-8-16-36(35)43-38/h1-26H,27,40H2. The molecule has 2 heterocycles. The van der Waals surface area contributed by atoms with Crippen LogP contribution in [0.1, 0.15) is 11.1 Å². The van der Waals surface area contributed by atoms with Gasteiger partial charge in [0.25, 0.3) is 0 Å². The fourth-order valence-electron chi connectivity index (χ4n) is 5.37. The average molecular weight is 599 g/mol. The van der Waals surface area contributed by atoms with Gasteiger partial charge in [-0.2, -0.15) is 0 Å². The summed E-state index contributed by atoms with van der Waals surface area (Å²) >= 11 is 0. The van der Waals surface area contributed by atoms with E-state index >= 15 is 0 Å². The average Bonchev–Trinajstić information content (AvgIpc) is 3.14. The van der Waals surface area contributed by atoms with Crippen LogP contribution in [0.15, 0.2) is 163 Å². The van der Waals surface area contributed by atoms with Crippen molar-refractivity contribution in [2.45, 2.75) is 6.61 Å². The van der Waals surface area contributed by atoms with E-state index < -0.39 is 0 Å². The molecule has 5 aromatic carbocycles. The van der Waals surface area contributed by atoms with Crippen molar-refractivity contribution in [3.8, 4) is 22.5 Å². The minimum Gasteiger partial charge on any atom is -0.471 e. The SMILES string of the molecule is NN=C(OCc1ccc(N(c2ccccc2)c2ccc(-c3nc4ccccc4nc3-c3ccccc3)cc2)cc1)c1cccnc1. The van der Waals surface area contributed by atoms with Crippen LogP contribution in [0.2, 0.25) is 0 Å². The number of ether oxygens (including phenoxy) is 1. The number of fused-ring (bicyclic) bond motifs is 1.